The normalized spacial score (nSPS) is 11.4. The summed E-state index contributed by atoms with van der Waals surface area (Å²) in [6, 6.07) is 11.1. The maximum absolute atomic E-state index is 12.3. The Morgan fingerprint density at radius 2 is 1.81 bits per heavy atom. The predicted octanol–water partition coefficient (Wildman–Crippen LogP) is 2.67. The number of nitrogens with one attached hydrogen (secondary N) is 1. The summed E-state index contributed by atoms with van der Waals surface area (Å²) in [6.07, 6.45) is 0. The Hall–Kier alpha value is -2.35. The third kappa shape index (κ3) is 3.82. The topological polar surface area (TPSA) is 81.4 Å². The molecule has 2 aromatic rings. The van der Waals surface area contributed by atoms with Crippen molar-refractivity contribution in [1.82, 2.24) is 0 Å². The number of benzene rings is 2. The number of anilines is 2. The summed E-state index contributed by atoms with van der Waals surface area (Å²) in [5, 5.41) is 0. The number of rotatable bonds is 5. The standard InChI is InChI=1S/C13H12F2N2O3S/c14-13(15)20-12-7-2-1-6-11(12)17-21(18,19)10-5-3-4-9(16)8-10/h1-8,13,17H,16H2. The molecule has 0 amide bonds. The largest absolute Gasteiger partial charge is 0.433 e. The third-order valence-corrected chi connectivity index (χ3v) is 3.88. The Labute approximate surface area is 120 Å². The molecule has 0 aromatic heterocycles. The molecule has 0 saturated heterocycles. The van der Waals surface area contributed by atoms with Crippen LogP contribution in [0.25, 0.3) is 0 Å². The summed E-state index contributed by atoms with van der Waals surface area (Å²) in [5.74, 6) is -0.264. The van der Waals surface area contributed by atoms with E-state index in [1.807, 2.05) is 0 Å². The van der Waals surface area contributed by atoms with Gasteiger partial charge in [-0.1, -0.05) is 18.2 Å². The molecule has 0 saturated carbocycles. The molecule has 0 heterocycles. The fourth-order valence-electron chi connectivity index (χ4n) is 1.64. The SMILES string of the molecule is Nc1cccc(S(=O)(=O)Nc2ccccc2OC(F)F)c1. The molecule has 0 fully saturated rings. The average molecular weight is 314 g/mol. The van der Waals surface area contributed by atoms with Crippen molar-refractivity contribution in [2.75, 3.05) is 10.5 Å². The first-order valence-corrected chi connectivity index (χ1v) is 7.29. The number of hydrogen-bond donors (Lipinski definition) is 2. The quantitative estimate of drug-likeness (QED) is 0.831. The molecule has 0 aliphatic carbocycles. The van der Waals surface area contributed by atoms with E-state index >= 15 is 0 Å². The molecule has 5 nitrogen and oxygen atoms in total. The van der Waals surface area contributed by atoms with Crippen LogP contribution in [-0.2, 0) is 10.0 Å². The Morgan fingerprint density at radius 3 is 2.48 bits per heavy atom. The molecule has 0 bridgehead atoms. The first-order chi connectivity index (χ1) is 9.88. The van der Waals surface area contributed by atoms with Crippen LogP contribution in [0.4, 0.5) is 20.2 Å². The number of nitrogen functional groups attached to an aromatic ring is 1. The van der Waals surface area contributed by atoms with Gasteiger partial charge in [-0.15, -0.1) is 0 Å². The number of hydrogen-bond acceptors (Lipinski definition) is 4. The summed E-state index contributed by atoms with van der Waals surface area (Å²) in [4.78, 5) is -0.0747. The number of ether oxygens (including phenoxy) is 1. The molecule has 0 spiro atoms. The Bertz CT molecular complexity index is 736. The number of halogens is 2. The second kappa shape index (κ2) is 5.96. The van der Waals surface area contributed by atoms with E-state index in [0.29, 0.717) is 0 Å². The minimum atomic E-state index is -3.95. The molecule has 0 atom stereocenters. The zero-order valence-electron chi connectivity index (χ0n) is 10.7. The molecule has 0 unspecified atom stereocenters. The molecular weight excluding hydrogens is 302 g/mol. The summed E-state index contributed by atoms with van der Waals surface area (Å²) < 4.78 is 55.4. The van der Waals surface area contributed by atoms with Gasteiger partial charge in [-0.2, -0.15) is 8.78 Å². The second-order valence-corrected chi connectivity index (χ2v) is 5.74. The minimum Gasteiger partial charge on any atom is -0.433 e. The maximum Gasteiger partial charge on any atom is 0.387 e. The lowest BCUT2D eigenvalue weighted by Crippen LogP contribution is -2.14. The van der Waals surface area contributed by atoms with Gasteiger partial charge in [-0.05, 0) is 30.3 Å². The maximum atomic E-state index is 12.3. The van der Waals surface area contributed by atoms with Gasteiger partial charge in [-0.25, -0.2) is 8.42 Å². The highest BCUT2D eigenvalue weighted by Gasteiger charge is 2.17. The van der Waals surface area contributed by atoms with E-state index in [2.05, 4.69) is 9.46 Å². The first-order valence-electron chi connectivity index (χ1n) is 5.81. The van der Waals surface area contributed by atoms with Crippen LogP contribution < -0.4 is 15.2 Å². The van der Waals surface area contributed by atoms with E-state index in [1.165, 1.54) is 48.5 Å². The van der Waals surface area contributed by atoms with Gasteiger partial charge in [0.1, 0.15) is 5.75 Å². The summed E-state index contributed by atoms with van der Waals surface area (Å²) >= 11 is 0. The highest BCUT2D eigenvalue weighted by Crippen LogP contribution is 2.28. The van der Waals surface area contributed by atoms with Crippen LogP contribution >= 0.6 is 0 Å². The average Bonchev–Trinajstić information content (AvgIpc) is 2.40. The van der Waals surface area contributed by atoms with Crippen LogP contribution in [0, 0.1) is 0 Å². The third-order valence-electron chi connectivity index (χ3n) is 2.52. The van der Waals surface area contributed by atoms with Gasteiger partial charge in [0.05, 0.1) is 10.6 Å². The van der Waals surface area contributed by atoms with E-state index < -0.39 is 16.6 Å². The lowest BCUT2D eigenvalue weighted by molar-refractivity contribution is -0.0493. The number of sulfonamides is 1. The van der Waals surface area contributed by atoms with Crippen molar-refractivity contribution in [3.63, 3.8) is 0 Å². The fourth-order valence-corrected chi connectivity index (χ4v) is 2.76. The van der Waals surface area contributed by atoms with Gasteiger partial charge in [0.25, 0.3) is 10.0 Å². The molecular formula is C13H12F2N2O3S. The molecule has 3 N–H and O–H groups in total. The molecule has 2 aromatic carbocycles. The van der Waals surface area contributed by atoms with Crippen LogP contribution in [0.3, 0.4) is 0 Å². The van der Waals surface area contributed by atoms with Crippen molar-refractivity contribution in [2.45, 2.75) is 11.5 Å². The van der Waals surface area contributed by atoms with E-state index in [1.54, 1.807) is 0 Å². The lowest BCUT2D eigenvalue weighted by atomic mass is 10.3. The first kappa shape index (κ1) is 15.0. The van der Waals surface area contributed by atoms with Crippen molar-refractivity contribution in [1.29, 1.82) is 0 Å². The molecule has 0 radical (unpaired) electrons. The van der Waals surface area contributed by atoms with Crippen LogP contribution in [-0.4, -0.2) is 15.0 Å². The zero-order valence-corrected chi connectivity index (χ0v) is 11.5. The summed E-state index contributed by atoms with van der Waals surface area (Å²) in [6.45, 7) is -3.05. The van der Waals surface area contributed by atoms with Gasteiger partial charge >= 0.3 is 6.61 Å². The van der Waals surface area contributed by atoms with Crippen molar-refractivity contribution in [2.24, 2.45) is 0 Å². The van der Waals surface area contributed by atoms with Crippen molar-refractivity contribution < 1.29 is 21.9 Å². The van der Waals surface area contributed by atoms with E-state index in [0.717, 1.165) is 0 Å². The van der Waals surface area contributed by atoms with Crippen molar-refractivity contribution in [3.05, 3.63) is 48.5 Å². The number of nitrogens with two attached hydrogens (primary N) is 1. The molecule has 112 valence electrons. The number of para-hydroxylation sites is 2. The van der Waals surface area contributed by atoms with Crippen molar-refractivity contribution >= 4 is 21.4 Å². The van der Waals surface area contributed by atoms with E-state index in [-0.39, 0.29) is 22.0 Å². The fraction of sp³-hybridized carbons (Fsp3) is 0.0769. The van der Waals surface area contributed by atoms with Gasteiger partial charge in [0.2, 0.25) is 0 Å². The van der Waals surface area contributed by atoms with E-state index in [9.17, 15) is 17.2 Å². The van der Waals surface area contributed by atoms with Crippen LogP contribution in [0.1, 0.15) is 0 Å². The van der Waals surface area contributed by atoms with Crippen LogP contribution in [0.15, 0.2) is 53.4 Å². The van der Waals surface area contributed by atoms with Gasteiger partial charge < -0.3 is 10.5 Å². The predicted molar refractivity (Wildman–Crippen MR) is 74.7 cm³/mol. The Morgan fingerprint density at radius 1 is 1.10 bits per heavy atom. The highest BCUT2D eigenvalue weighted by molar-refractivity contribution is 7.92. The van der Waals surface area contributed by atoms with Crippen LogP contribution in [0.5, 0.6) is 5.75 Å². The summed E-state index contributed by atoms with van der Waals surface area (Å²) in [7, 11) is -3.95. The summed E-state index contributed by atoms with van der Waals surface area (Å²) in [5.41, 5.74) is 5.72. The van der Waals surface area contributed by atoms with Gasteiger partial charge in [-0.3, -0.25) is 4.72 Å². The van der Waals surface area contributed by atoms with Crippen molar-refractivity contribution in [3.8, 4) is 5.75 Å². The molecule has 21 heavy (non-hydrogen) atoms. The smallest absolute Gasteiger partial charge is 0.387 e. The van der Waals surface area contributed by atoms with Gasteiger partial charge in [0.15, 0.2) is 0 Å². The number of alkyl halides is 2. The Kier molecular flexibility index (Phi) is 4.27. The monoisotopic (exact) mass is 314 g/mol. The molecule has 0 aliphatic heterocycles. The van der Waals surface area contributed by atoms with Crippen LogP contribution in [0.2, 0.25) is 0 Å². The lowest BCUT2D eigenvalue weighted by Gasteiger charge is -2.13. The zero-order chi connectivity index (χ0) is 15.5. The van der Waals surface area contributed by atoms with E-state index in [4.69, 9.17) is 5.73 Å². The second-order valence-electron chi connectivity index (χ2n) is 4.05. The minimum absolute atomic E-state index is 0.0747. The molecule has 8 heteroatoms. The highest BCUT2D eigenvalue weighted by atomic mass is 32.2. The van der Waals surface area contributed by atoms with Gasteiger partial charge in [0, 0.05) is 5.69 Å². The molecule has 2 rings (SSSR count). The Balaban J connectivity index is 2.33. The molecule has 0 aliphatic rings.